The molecule has 1 aliphatic heterocycles. The lowest BCUT2D eigenvalue weighted by atomic mass is 10.1. The average molecular weight is 386 g/mol. The molecule has 0 saturated carbocycles. The van der Waals surface area contributed by atoms with Crippen molar-refractivity contribution >= 4 is 11.9 Å². The molecule has 1 unspecified atom stereocenters. The zero-order valence-electron chi connectivity index (χ0n) is 15.6. The van der Waals surface area contributed by atoms with Gasteiger partial charge in [-0.15, -0.1) is 0 Å². The molecule has 7 nitrogen and oxygen atoms in total. The van der Waals surface area contributed by atoms with E-state index in [9.17, 15) is 19.8 Å². The minimum Gasteiger partial charge on any atom is -0.459 e. The molecular formula is C21H22O7. The summed E-state index contributed by atoms with van der Waals surface area (Å²) in [5.74, 6) is -1.25. The Kier molecular flexibility index (Phi) is 6.08. The number of carbonyl (C=O) groups excluding carboxylic acids is 2. The lowest BCUT2D eigenvalue weighted by molar-refractivity contribution is -0.133. The third kappa shape index (κ3) is 4.56. The monoisotopic (exact) mass is 386 g/mol. The van der Waals surface area contributed by atoms with Crippen LogP contribution in [0.5, 0.6) is 0 Å². The predicted molar refractivity (Wildman–Crippen MR) is 98.7 cm³/mol. The van der Waals surface area contributed by atoms with Crippen molar-refractivity contribution < 1.29 is 34.0 Å². The summed E-state index contributed by atoms with van der Waals surface area (Å²) in [5, 5.41) is 19.9. The van der Waals surface area contributed by atoms with Crippen LogP contribution < -0.4 is 0 Å². The maximum atomic E-state index is 12.3. The molecule has 2 aromatic rings. The summed E-state index contributed by atoms with van der Waals surface area (Å²) in [5.41, 5.74) is 2.65. The maximum absolute atomic E-state index is 12.3. The molecule has 1 fully saturated rings. The fourth-order valence-corrected chi connectivity index (χ4v) is 2.81. The average Bonchev–Trinajstić information content (AvgIpc) is 2.95. The highest BCUT2D eigenvalue weighted by atomic mass is 16.7. The van der Waals surface area contributed by atoms with E-state index >= 15 is 0 Å². The molecule has 0 bridgehead atoms. The Morgan fingerprint density at radius 3 is 1.93 bits per heavy atom. The molecule has 1 heterocycles. The van der Waals surface area contributed by atoms with Crippen LogP contribution in [0, 0.1) is 13.8 Å². The van der Waals surface area contributed by atoms with Crippen LogP contribution in [0.3, 0.4) is 0 Å². The van der Waals surface area contributed by atoms with Crippen LogP contribution in [0.2, 0.25) is 0 Å². The van der Waals surface area contributed by atoms with E-state index in [0.717, 1.165) is 11.1 Å². The SMILES string of the molecule is Cc1ccc(C(=O)OC[C@H]2OC(O)[C@H](O)[C@H]2OC(=O)c2ccc(C)cc2)cc1. The predicted octanol–water partition coefficient (Wildman–Crippen LogP) is 1.76. The zero-order chi connectivity index (χ0) is 20.3. The van der Waals surface area contributed by atoms with Gasteiger partial charge in [-0.05, 0) is 38.1 Å². The lowest BCUT2D eigenvalue weighted by Crippen LogP contribution is -2.39. The van der Waals surface area contributed by atoms with Gasteiger partial charge in [0.1, 0.15) is 18.8 Å². The van der Waals surface area contributed by atoms with E-state index in [2.05, 4.69) is 0 Å². The Hall–Kier alpha value is -2.74. The van der Waals surface area contributed by atoms with E-state index in [1.54, 1.807) is 48.5 Å². The van der Waals surface area contributed by atoms with Crippen molar-refractivity contribution in [2.45, 2.75) is 38.4 Å². The number of esters is 2. The number of hydrogen-bond acceptors (Lipinski definition) is 7. The molecule has 3 rings (SSSR count). The number of aliphatic hydroxyl groups excluding tert-OH is 2. The van der Waals surface area contributed by atoms with E-state index in [1.807, 2.05) is 13.8 Å². The fraction of sp³-hybridized carbons (Fsp3) is 0.333. The van der Waals surface area contributed by atoms with Crippen molar-refractivity contribution in [2.75, 3.05) is 6.61 Å². The first-order valence-electron chi connectivity index (χ1n) is 8.88. The minimum absolute atomic E-state index is 0.285. The van der Waals surface area contributed by atoms with Gasteiger partial charge in [0.25, 0.3) is 0 Å². The number of aryl methyl sites for hydroxylation is 2. The van der Waals surface area contributed by atoms with Gasteiger partial charge < -0.3 is 24.4 Å². The maximum Gasteiger partial charge on any atom is 0.338 e. The van der Waals surface area contributed by atoms with Gasteiger partial charge in [0.05, 0.1) is 11.1 Å². The van der Waals surface area contributed by atoms with Crippen molar-refractivity contribution in [1.82, 2.24) is 0 Å². The molecule has 28 heavy (non-hydrogen) atoms. The normalized spacial score (nSPS) is 24.0. The Balaban J connectivity index is 1.63. The molecule has 2 N–H and O–H groups in total. The first kappa shape index (κ1) is 20.0. The van der Waals surface area contributed by atoms with Crippen LogP contribution in [-0.2, 0) is 14.2 Å². The van der Waals surface area contributed by atoms with E-state index in [-0.39, 0.29) is 6.61 Å². The Morgan fingerprint density at radius 1 is 0.893 bits per heavy atom. The summed E-state index contributed by atoms with van der Waals surface area (Å²) >= 11 is 0. The van der Waals surface area contributed by atoms with Gasteiger partial charge in [0, 0.05) is 0 Å². The van der Waals surface area contributed by atoms with E-state index < -0.39 is 36.5 Å². The minimum atomic E-state index is -1.54. The van der Waals surface area contributed by atoms with Gasteiger partial charge in [-0.3, -0.25) is 0 Å². The second-order valence-corrected chi connectivity index (χ2v) is 6.76. The van der Waals surface area contributed by atoms with Crippen molar-refractivity contribution in [3.8, 4) is 0 Å². The van der Waals surface area contributed by atoms with Crippen molar-refractivity contribution in [1.29, 1.82) is 0 Å². The molecule has 1 saturated heterocycles. The number of carbonyl (C=O) groups is 2. The third-order valence-electron chi connectivity index (χ3n) is 4.51. The number of aliphatic hydroxyl groups is 2. The number of benzene rings is 2. The Morgan fingerprint density at radius 2 is 1.39 bits per heavy atom. The second-order valence-electron chi connectivity index (χ2n) is 6.76. The lowest BCUT2D eigenvalue weighted by Gasteiger charge is -2.20. The largest absolute Gasteiger partial charge is 0.459 e. The molecule has 0 amide bonds. The smallest absolute Gasteiger partial charge is 0.338 e. The summed E-state index contributed by atoms with van der Waals surface area (Å²) in [7, 11) is 0. The summed E-state index contributed by atoms with van der Waals surface area (Å²) < 4.78 is 15.7. The first-order chi connectivity index (χ1) is 13.3. The molecule has 148 valence electrons. The van der Waals surface area contributed by atoms with Crippen LogP contribution in [0.1, 0.15) is 31.8 Å². The van der Waals surface area contributed by atoms with Crippen LogP contribution >= 0.6 is 0 Å². The highest BCUT2D eigenvalue weighted by Gasteiger charge is 2.46. The number of rotatable bonds is 5. The van der Waals surface area contributed by atoms with Crippen molar-refractivity contribution in [3.63, 3.8) is 0 Å². The molecule has 0 radical (unpaired) electrons. The van der Waals surface area contributed by atoms with E-state index in [1.165, 1.54) is 0 Å². The van der Waals surface area contributed by atoms with Crippen molar-refractivity contribution in [2.24, 2.45) is 0 Å². The molecular weight excluding hydrogens is 364 g/mol. The molecule has 7 heteroatoms. The first-order valence-corrected chi connectivity index (χ1v) is 8.88. The summed E-state index contributed by atoms with van der Waals surface area (Å²) in [4.78, 5) is 24.5. The standard InChI is InChI=1S/C21H22O7/c1-12-3-7-14(8-4-12)19(23)26-11-16-18(17(22)21(25)27-16)28-20(24)15-9-5-13(2)6-10-15/h3-10,16-18,21-22,25H,11H2,1-2H3/t16-,17-,18+,21?/m1/s1. The summed E-state index contributed by atoms with van der Waals surface area (Å²) in [6.07, 6.45) is -5.15. The Bertz CT molecular complexity index is 829. The summed E-state index contributed by atoms with van der Waals surface area (Å²) in [6, 6.07) is 13.5. The number of hydrogen-bond donors (Lipinski definition) is 2. The Labute approximate surface area is 162 Å². The van der Waals surface area contributed by atoms with E-state index in [4.69, 9.17) is 14.2 Å². The van der Waals surface area contributed by atoms with E-state index in [0.29, 0.717) is 11.1 Å². The van der Waals surface area contributed by atoms with Gasteiger partial charge in [-0.2, -0.15) is 0 Å². The third-order valence-corrected chi connectivity index (χ3v) is 4.51. The highest BCUT2D eigenvalue weighted by molar-refractivity contribution is 5.90. The van der Waals surface area contributed by atoms with Gasteiger partial charge in [-0.25, -0.2) is 9.59 Å². The molecule has 2 aromatic carbocycles. The van der Waals surface area contributed by atoms with Crippen LogP contribution in [-0.4, -0.2) is 53.4 Å². The molecule has 0 aliphatic carbocycles. The summed E-state index contributed by atoms with van der Waals surface area (Å²) in [6.45, 7) is 3.50. The van der Waals surface area contributed by atoms with Crippen molar-refractivity contribution in [3.05, 3.63) is 70.8 Å². The molecule has 0 spiro atoms. The fourth-order valence-electron chi connectivity index (χ4n) is 2.81. The molecule has 1 aliphatic rings. The van der Waals surface area contributed by atoms with Gasteiger partial charge in [0.15, 0.2) is 12.4 Å². The number of ether oxygens (including phenoxy) is 3. The quantitative estimate of drug-likeness (QED) is 0.755. The second kappa shape index (κ2) is 8.52. The highest BCUT2D eigenvalue weighted by Crippen LogP contribution is 2.24. The molecule has 0 aromatic heterocycles. The topological polar surface area (TPSA) is 102 Å². The van der Waals surface area contributed by atoms with Gasteiger partial charge in [0.2, 0.25) is 0 Å². The van der Waals surface area contributed by atoms with Crippen LogP contribution in [0.4, 0.5) is 0 Å². The van der Waals surface area contributed by atoms with Crippen LogP contribution in [0.15, 0.2) is 48.5 Å². The molecule has 4 atom stereocenters. The van der Waals surface area contributed by atoms with Gasteiger partial charge in [-0.1, -0.05) is 35.4 Å². The van der Waals surface area contributed by atoms with Gasteiger partial charge >= 0.3 is 11.9 Å². The zero-order valence-corrected chi connectivity index (χ0v) is 15.6. The van der Waals surface area contributed by atoms with Crippen LogP contribution in [0.25, 0.3) is 0 Å².